The minimum absolute atomic E-state index is 0.122. The van der Waals surface area contributed by atoms with Crippen LogP contribution in [0.1, 0.15) is 31.2 Å². The molecule has 5 nitrogen and oxygen atoms in total. The topological polar surface area (TPSA) is 72.8 Å². The lowest BCUT2D eigenvalue weighted by molar-refractivity contribution is 0.0522. The van der Waals surface area contributed by atoms with Crippen LogP contribution < -0.4 is 5.32 Å². The molecule has 1 saturated carbocycles. The van der Waals surface area contributed by atoms with Crippen molar-refractivity contribution in [3.63, 3.8) is 0 Å². The van der Waals surface area contributed by atoms with E-state index in [9.17, 15) is 18.7 Å². The SMILES string of the molecule is O=C(NCC1(Cc2ccc(F)cc2)CCCC1O)N1CCC(F)(CO)C1. The van der Waals surface area contributed by atoms with Crippen LogP contribution in [0.15, 0.2) is 24.3 Å². The fourth-order valence-electron chi connectivity index (χ4n) is 4.11. The summed E-state index contributed by atoms with van der Waals surface area (Å²) in [5, 5.41) is 22.5. The van der Waals surface area contributed by atoms with Crippen LogP contribution in [-0.2, 0) is 6.42 Å². The molecule has 0 radical (unpaired) electrons. The molecule has 2 fully saturated rings. The van der Waals surface area contributed by atoms with Crippen LogP contribution in [0.25, 0.3) is 0 Å². The Morgan fingerprint density at radius 3 is 2.62 bits per heavy atom. The lowest BCUT2D eigenvalue weighted by Gasteiger charge is -2.34. The zero-order valence-electron chi connectivity index (χ0n) is 14.8. The molecule has 1 saturated heterocycles. The molecule has 2 aliphatic rings. The molecule has 26 heavy (non-hydrogen) atoms. The Kier molecular flexibility index (Phi) is 5.48. The molecule has 3 rings (SSSR count). The monoisotopic (exact) mass is 368 g/mol. The first kappa shape index (κ1) is 19.0. The normalized spacial score (nSPS) is 31.4. The number of carbonyl (C=O) groups excluding carboxylic acids is 1. The molecule has 1 aromatic rings. The van der Waals surface area contributed by atoms with Crippen molar-refractivity contribution in [3.8, 4) is 0 Å². The van der Waals surface area contributed by atoms with Crippen molar-refractivity contribution in [2.45, 2.75) is 43.9 Å². The number of hydrogen-bond donors (Lipinski definition) is 3. The second-order valence-corrected chi connectivity index (χ2v) is 7.71. The maximum atomic E-state index is 14.1. The molecule has 3 atom stereocenters. The molecule has 1 heterocycles. The molecule has 1 aromatic carbocycles. The van der Waals surface area contributed by atoms with Crippen LogP contribution in [0.5, 0.6) is 0 Å². The molecule has 0 aromatic heterocycles. The molecule has 144 valence electrons. The summed E-state index contributed by atoms with van der Waals surface area (Å²) in [4.78, 5) is 13.8. The van der Waals surface area contributed by atoms with Gasteiger partial charge in [-0.2, -0.15) is 0 Å². The van der Waals surface area contributed by atoms with Gasteiger partial charge < -0.3 is 20.4 Å². The second kappa shape index (κ2) is 7.48. The molecule has 2 amide bonds. The zero-order valence-corrected chi connectivity index (χ0v) is 14.8. The molecular formula is C19H26F2N2O3. The van der Waals surface area contributed by atoms with Gasteiger partial charge in [0.2, 0.25) is 0 Å². The van der Waals surface area contributed by atoms with Crippen LogP contribution in [0.3, 0.4) is 0 Å². The number of halogens is 2. The summed E-state index contributed by atoms with van der Waals surface area (Å²) in [5.41, 5.74) is -1.32. The van der Waals surface area contributed by atoms with Gasteiger partial charge >= 0.3 is 6.03 Å². The van der Waals surface area contributed by atoms with Crippen LogP contribution in [0.4, 0.5) is 13.6 Å². The Morgan fingerprint density at radius 2 is 2.04 bits per heavy atom. The average Bonchev–Trinajstić information content (AvgIpc) is 3.20. The number of aliphatic hydroxyl groups is 2. The third kappa shape index (κ3) is 3.99. The number of urea groups is 1. The van der Waals surface area contributed by atoms with Crippen LogP contribution in [0, 0.1) is 11.2 Å². The molecule has 1 aliphatic carbocycles. The van der Waals surface area contributed by atoms with Crippen molar-refractivity contribution in [1.29, 1.82) is 0 Å². The predicted octanol–water partition coefficient (Wildman–Crippen LogP) is 2.02. The molecule has 1 aliphatic heterocycles. The highest BCUT2D eigenvalue weighted by atomic mass is 19.1. The summed E-state index contributed by atoms with van der Waals surface area (Å²) in [6, 6.07) is 5.80. The Morgan fingerprint density at radius 1 is 1.31 bits per heavy atom. The molecule has 3 unspecified atom stereocenters. The van der Waals surface area contributed by atoms with Crippen LogP contribution in [0.2, 0.25) is 0 Å². The summed E-state index contributed by atoms with van der Waals surface area (Å²) in [6.07, 6.45) is 2.40. The number of nitrogens with one attached hydrogen (secondary N) is 1. The van der Waals surface area contributed by atoms with E-state index in [1.54, 1.807) is 12.1 Å². The van der Waals surface area contributed by atoms with Gasteiger partial charge in [-0.25, -0.2) is 13.6 Å². The van der Waals surface area contributed by atoms with Crippen molar-refractivity contribution < 1.29 is 23.8 Å². The van der Waals surface area contributed by atoms with Crippen molar-refractivity contribution in [1.82, 2.24) is 10.2 Å². The second-order valence-electron chi connectivity index (χ2n) is 7.71. The standard InChI is InChI=1S/C19H26F2N2O3/c20-15-5-3-14(4-6-15)10-18(7-1-2-16(18)25)11-22-17(26)23-9-8-19(21,12-23)13-24/h3-6,16,24-25H,1-2,7-13H2,(H,22,26). The van der Waals surface area contributed by atoms with Gasteiger partial charge in [-0.3, -0.25) is 0 Å². The van der Waals surface area contributed by atoms with Gasteiger partial charge in [0.25, 0.3) is 0 Å². The van der Waals surface area contributed by atoms with E-state index in [-0.39, 0.29) is 37.9 Å². The maximum absolute atomic E-state index is 14.1. The van der Waals surface area contributed by atoms with Crippen LogP contribution in [-0.4, -0.2) is 59.2 Å². The summed E-state index contributed by atoms with van der Waals surface area (Å²) in [5.74, 6) is -0.310. The number of carbonyl (C=O) groups is 1. The molecule has 3 N–H and O–H groups in total. The number of alkyl halides is 1. The number of likely N-dealkylation sites (tertiary alicyclic amines) is 1. The smallest absolute Gasteiger partial charge is 0.317 e. The third-order valence-corrected chi connectivity index (χ3v) is 5.79. The quantitative estimate of drug-likeness (QED) is 0.745. The highest BCUT2D eigenvalue weighted by molar-refractivity contribution is 5.74. The number of nitrogens with zero attached hydrogens (tertiary/aromatic N) is 1. The maximum Gasteiger partial charge on any atom is 0.317 e. The summed E-state index contributed by atoms with van der Waals surface area (Å²) >= 11 is 0. The van der Waals surface area contributed by atoms with E-state index in [1.807, 2.05) is 0 Å². The fraction of sp³-hybridized carbons (Fsp3) is 0.632. The van der Waals surface area contributed by atoms with Gasteiger partial charge in [-0.1, -0.05) is 18.6 Å². The first-order chi connectivity index (χ1) is 12.4. The third-order valence-electron chi connectivity index (χ3n) is 5.79. The highest BCUT2D eigenvalue weighted by Crippen LogP contribution is 2.41. The number of hydrogen-bond acceptors (Lipinski definition) is 3. The van der Waals surface area contributed by atoms with Crippen molar-refractivity contribution >= 4 is 6.03 Å². The zero-order chi connectivity index (χ0) is 18.8. The van der Waals surface area contributed by atoms with E-state index in [0.29, 0.717) is 12.8 Å². The number of rotatable bonds is 5. The first-order valence-corrected chi connectivity index (χ1v) is 9.11. The number of benzene rings is 1. The molecular weight excluding hydrogens is 342 g/mol. The highest BCUT2D eigenvalue weighted by Gasteiger charge is 2.44. The average molecular weight is 368 g/mol. The first-order valence-electron chi connectivity index (χ1n) is 9.11. The fourth-order valence-corrected chi connectivity index (χ4v) is 4.11. The lowest BCUT2D eigenvalue weighted by Crippen LogP contribution is -2.48. The number of aliphatic hydroxyl groups excluding tert-OH is 2. The van der Waals surface area contributed by atoms with Gasteiger partial charge in [0.1, 0.15) is 5.82 Å². The Bertz CT molecular complexity index is 642. The Balaban J connectivity index is 1.64. The van der Waals surface area contributed by atoms with Gasteiger partial charge in [-0.05, 0) is 37.0 Å². The summed E-state index contributed by atoms with van der Waals surface area (Å²) in [6.45, 7) is -0.178. The van der Waals surface area contributed by atoms with Crippen molar-refractivity contribution in [3.05, 3.63) is 35.6 Å². The van der Waals surface area contributed by atoms with E-state index < -0.39 is 23.8 Å². The van der Waals surface area contributed by atoms with E-state index >= 15 is 0 Å². The largest absolute Gasteiger partial charge is 0.393 e. The minimum Gasteiger partial charge on any atom is -0.393 e. The van der Waals surface area contributed by atoms with E-state index in [1.165, 1.54) is 17.0 Å². The van der Waals surface area contributed by atoms with Gasteiger partial charge in [-0.15, -0.1) is 0 Å². The molecule has 0 bridgehead atoms. The van der Waals surface area contributed by atoms with E-state index in [0.717, 1.165) is 18.4 Å². The van der Waals surface area contributed by atoms with Gasteiger partial charge in [0.05, 0.1) is 19.3 Å². The minimum atomic E-state index is -1.73. The van der Waals surface area contributed by atoms with E-state index in [4.69, 9.17) is 5.11 Å². The summed E-state index contributed by atoms with van der Waals surface area (Å²) in [7, 11) is 0. The Labute approximate surface area is 152 Å². The van der Waals surface area contributed by atoms with Gasteiger partial charge in [0, 0.05) is 24.9 Å². The van der Waals surface area contributed by atoms with Crippen molar-refractivity contribution in [2.24, 2.45) is 5.41 Å². The lowest BCUT2D eigenvalue weighted by atomic mass is 9.78. The predicted molar refractivity (Wildman–Crippen MR) is 92.9 cm³/mol. The molecule has 7 heteroatoms. The Hall–Kier alpha value is -1.73. The molecule has 0 spiro atoms. The number of amides is 2. The van der Waals surface area contributed by atoms with E-state index in [2.05, 4.69) is 5.32 Å². The van der Waals surface area contributed by atoms with Gasteiger partial charge in [0.15, 0.2) is 5.67 Å². The summed E-state index contributed by atoms with van der Waals surface area (Å²) < 4.78 is 27.2. The van der Waals surface area contributed by atoms with Crippen LogP contribution >= 0.6 is 0 Å². The van der Waals surface area contributed by atoms with Crippen molar-refractivity contribution in [2.75, 3.05) is 26.2 Å².